The lowest BCUT2D eigenvalue weighted by atomic mass is 10.1. The Bertz CT molecular complexity index is 452. The van der Waals surface area contributed by atoms with Crippen molar-refractivity contribution in [2.24, 2.45) is 0 Å². The number of hydrogen-bond acceptors (Lipinski definition) is 3. The third-order valence-electron chi connectivity index (χ3n) is 2.65. The zero-order valence-electron chi connectivity index (χ0n) is 11.4. The van der Waals surface area contributed by atoms with Crippen LogP contribution in [0, 0.1) is 0 Å². The molecule has 0 saturated carbocycles. The Hall–Kier alpha value is -1.59. The minimum absolute atomic E-state index is 0.0227. The van der Waals surface area contributed by atoms with Crippen LogP contribution in [0.25, 0.3) is 0 Å². The molecule has 5 nitrogen and oxygen atoms in total. The molecule has 0 fully saturated rings. The van der Waals surface area contributed by atoms with E-state index in [1.54, 1.807) is 13.2 Å². The summed E-state index contributed by atoms with van der Waals surface area (Å²) >= 11 is 6.00. The van der Waals surface area contributed by atoms with Crippen LogP contribution >= 0.6 is 11.6 Å². The minimum Gasteiger partial charge on any atom is -0.383 e. The quantitative estimate of drug-likeness (QED) is 0.708. The van der Waals surface area contributed by atoms with Gasteiger partial charge in [-0.15, -0.1) is 0 Å². The SMILES string of the molecule is COCCNC(=O)CNC(=O)CCc1ccccc1Cl. The van der Waals surface area contributed by atoms with Crippen molar-refractivity contribution >= 4 is 23.4 Å². The summed E-state index contributed by atoms with van der Waals surface area (Å²) in [6.45, 7) is 0.863. The van der Waals surface area contributed by atoms with Crippen molar-refractivity contribution in [3.63, 3.8) is 0 Å². The van der Waals surface area contributed by atoms with Crippen LogP contribution < -0.4 is 10.6 Å². The first kappa shape index (κ1) is 16.5. The van der Waals surface area contributed by atoms with E-state index in [1.165, 1.54) is 0 Å². The van der Waals surface area contributed by atoms with Crippen LogP contribution in [0.2, 0.25) is 5.02 Å². The minimum atomic E-state index is -0.229. The normalized spacial score (nSPS) is 10.1. The maximum Gasteiger partial charge on any atom is 0.239 e. The summed E-state index contributed by atoms with van der Waals surface area (Å²) < 4.78 is 4.80. The van der Waals surface area contributed by atoms with Gasteiger partial charge in [-0.3, -0.25) is 9.59 Å². The van der Waals surface area contributed by atoms with Crippen molar-refractivity contribution in [1.82, 2.24) is 10.6 Å². The van der Waals surface area contributed by atoms with Crippen LogP contribution in [0.15, 0.2) is 24.3 Å². The number of nitrogens with one attached hydrogen (secondary N) is 2. The van der Waals surface area contributed by atoms with E-state index in [1.807, 2.05) is 18.2 Å². The predicted molar refractivity (Wildman–Crippen MR) is 77.7 cm³/mol. The van der Waals surface area contributed by atoms with Gasteiger partial charge in [-0.2, -0.15) is 0 Å². The highest BCUT2D eigenvalue weighted by Gasteiger charge is 2.06. The molecular weight excluding hydrogens is 280 g/mol. The summed E-state index contributed by atoms with van der Waals surface area (Å²) in [7, 11) is 1.56. The van der Waals surface area contributed by atoms with Gasteiger partial charge in [0, 0.05) is 25.1 Å². The third-order valence-corrected chi connectivity index (χ3v) is 3.02. The first-order chi connectivity index (χ1) is 9.63. The molecule has 0 spiro atoms. The molecule has 6 heteroatoms. The summed E-state index contributed by atoms with van der Waals surface area (Å²) in [5.74, 6) is -0.403. The molecule has 0 atom stereocenters. The second kappa shape index (κ2) is 9.34. The molecule has 0 aromatic heterocycles. The van der Waals surface area contributed by atoms with Crippen molar-refractivity contribution in [3.8, 4) is 0 Å². The van der Waals surface area contributed by atoms with Gasteiger partial charge in [0.1, 0.15) is 0 Å². The van der Waals surface area contributed by atoms with E-state index >= 15 is 0 Å². The average Bonchev–Trinajstić information content (AvgIpc) is 2.44. The number of halogens is 1. The molecule has 0 bridgehead atoms. The lowest BCUT2D eigenvalue weighted by molar-refractivity contribution is -0.126. The Kier molecular flexibility index (Phi) is 7.69. The van der Waals surface area contributed by atoms with E-state index in [9.17, 15) is 9.59 Å². The maximum absolute atomic E-state index is 11.6. The largest absolute Gasteiger partial charge is 0.383 e. The number of amides is 2. The van der Waals surface area contributed by atoms with Gasteiger partial charge in [0.05, 0.1) is 13.2 Å². The third kappa shape index (κ3) is 6.54. The number of hydrogen-bond donors (Lipinski definition) is 2. The Morgan fingerprint density at radius 1 is 1.20 bits per heavy atom. The molecular formula is C14H19ClN2O3. The van der Waals surface area contributed by atoms with E-state index in [0.29, 0.717) is 31.0 Å². The van der Waals surface area contributed by atoms with Crippen molar-refractivity contribution < 1.29 is 14.3 Å². The number of aryl methyl sites for hydroxylation is 1. The molecule has 2 N–H and O–H groups in total. The molecule has 0 aliphatic heterocycles. The van der Waals surface area contributed by atoms with Gasteiger partial charge in [-0.1, -0.05) is 29.8 Å². The molecule has 2 amide bonds. The van der Waals surface area contributed by atoms with Gasteiger partial charge >= 0.3 is 0 Å². The highest BCUT2D eigenvalue weighted by molar-refractivity contribution is 6.31. The number of carbonyl (C=O) groups excluding carboxylic acids is 2. The zero-order valence-corrected chi connectivity index (χ0v) is 12.2. The number of carbonyl (C=O) groups is 2. The van der Waals surface area contributed by atoms with Crippen LogP contribution in [0.4, 0.5) is 0 Å². The first-order valence-electron chi connectivity index (χ1n) is 6.39. The average molecular weight is 299 g/mol. The Labute approximate surface area is 123 Å². The van der Waals surface area contributed by atoms with E-state index in [-0.39, 0.29) is 18.4 Å². The summed E-state index contributed by atoms with van der Waals surface area (Å²) in [5, 5.41) is 5.84. The fourth-order valence-electron chi connectivity index (χ4n) is 1.57. The Balaban J connectivity index is 2.21. The first-order valence-corrected chi connectivity index (χ1v) is 6.77. The number of rotatable bonds is 8. The van der Waals surface area contributed by atoms with Gasteiger partial charge < -0.3 is 15.4 Å². The number of methoxy groups -OCH3 is 1. The molecule has 20 heavy (non-hydrogen) atoms. The van der Waals surface area contributed by atoms with E-state index in [0.717, 1.165) is 5.56 Å². The van der Waals surface area contributed by atoms with Gasteiger partial charge in [-0.25, -0.2) is 0 Å². The van der Waals surface area contributed by atoms with E-state index in [2.05, 4.69) is 10.6 Å². The van der Waals surface area contributed by atoms with Crippen LogP contribution in [-0.4, -0.2) is 38.6 Å². The Morgan fingerprint density at radius 2 is 1.95 bits per heavy atom. The second-order valence-electron chi connectivity index (χ2n) is 4.21. The van der Waals surface area contributed by atoms with Crippen LogP contribution in [0.3, 0.4) is 0 Å². The molecule has 0 aliphatic rings. The highest BCUT2D eigenvalue weighted by atomic mass is 35.5. The molecule has 0 heterocycles. The monoisotopic (exact) mass is 298 g/mol. The van der Waals surface area contributed by atoms with Gasteiger partial charge in [0.15, 0.2) is 0 Å². The lowest BCUT2D eigenvalue weighted by Crippen LogP contribution is -2.38. The van der Waals surface area contributed by atoms with Crippen LogP contribution in [0.5, 0.6) is 0 Å². The summed E-state index contributed by atoms with van der Waals surface area (Å²) in [5.41, 5.74) is 0.925. The smallest absolute Gasteiger partial charge is 0.239 e. The topological polar surface area (TPSA) is 67.4 Å². The maximum atomic E-state index is 11.6. The number of benzene rings is 1. The summed E-state index contributed by atoms with van der Waals surface area (Å²) in [6.07, 6.45) is 0.853. The molecule has 1 aromatic rings. The van der Waals surface area contributed by atoms with Crippen molar-refractivity contribution in [1.29, 1.82) is 0 Å². The zero-order chi connectivity index (χ0) is 14.8. The summed E-state index contributed by atoms with van der Waals surface area (Å²) in [6, 6.07) is 7.39. The van der Waals surface area contributed by atoms with Crippen LogP contribution in [-0.2, 0) is 20.7 Å². The van der Waals surface area contributed by atoms with Crippen molar-refractivity contribution in [3.05, 3.63) is 34.9 Å². The fraction of sp³-hybridized carbons (Fsp3) is 0.429. The highest BCUT2D eigenvalue weighted by Crippen LogP contribution is 2.16. The number of ether oxygens (including phenoxy) is 1. The molecule has 1 rings (SSSR count). The van der Waals surface area contributed by atoms with Gasteiger partial charge in [0.2, 0.25) is 11.8 Å². The molecule has 110 valence electrons. The standard InChI is InChI=1S/C14H19ClN2O3/c1-20-9-8-16-14(19)10-17-13(18)7-6-11-4-2-3-5-12(11)15/h2-5H,6-10H2,1H3,(H,16,19)(H,17,18). The molecule has 0 saturated heterocycles. The molecule has 0 unspecified atom stereocenters. The second-order valence-corrected chi connectivity index (χ2v) is 4.62. The van der Waals surface area contributed by atoms with Crippen molar-refractivity contribution in [2.75, 3.05) is 26.8 Å². The van der Waals surface area contributed by atoms with E-state index in [4.69, 9.17) is 16.3 Å². The Morgan fingerprint density at radius 3 is 2.65 bits per heavy atom. The molecule has 0 radical (unpaired) electrons. The van der Waals surface area contributed by atoms with Gasteiger partial charge in [-0.05, 0) is 18.1 Å². The molecule has 1 aromatic carbocycles. The fourth-order valence-corrected chi connectivity index (χ4v) is 1.80. The lowest BCUT2D eigenvalue weighted by Gasteiger charge is -2.07. The molecule has 0 aliphatic carbocycles. The van der Waals surface area contributed by atoms with Gasteiger partial charge in [0.25, 0.3) is 0 Å². The van der Waals surface area contributed by atoms with Crippen molar-refractivity contribution in [2.45, 2.75) is 12.8 Å². The predicted octanol–water partition coefficient (Wildman–Crippen LogP) is 1.15. The summed E-state index contributed by atoms with van der Waals surface area (Å²) in [4.78, 5) is 23.0. The van der Waals surface area contributed by atoms with E-state index < -0.39 is 0 Å². The van der Waals surface area contributed by atoms with Crippen LogP contribution in [0.1, 0.15) is 12.0 Å².